The molecule has 0 spiro atoms. The van der Waals surface area contributed by atoms with Crippen LogP contribution in [0.4, 0.5) is 4.79 Å². The van der Waals surface area contributed by atoms with Gasteiger partial charge in [0.15, 0.2) is 5.16 Å². The monoisotopic (exact) mass is 337 g/mol. The fourth-order valence-electron chi connectivity index (χ4n) is 2.04. The molecular formula is C13H12ClN5O2S. The van der Waals surface area contributed by atoms with Crippen LogP contribution in [0.15, 0.2) is 35.7 Å². The second-order valence-electron chi connectivity index (χ2n) is 4.53. The van der Waals surface area contributed by atoms with E-state index in [9.17, 15) is 9.59 Å². The van der Waals surface area contributed by atoms with Gasteiger partial charge in [-0.1, -0.05) is 29.4 Å². The van der Waals surface area contributed by atoms with Gasteiger partial charge < -0.3 is 5.32 Å². The van der Waals surface area contributed by atoms with Crippen molar-refractivity contribution < 1.29 is 9.59 Å². The summed E-state index contributed by atoms with van der Waals surface area (Å²) >= 11 is 7.20. The van der Waals surface area contributed by atoms with Crippen LogP contribution >= 0.6 is 23.4 Å². The van der Waals surface area contributed by atoms with E-state index in [-0.39, 0.29) is 17.7 Å². The fourth-order valence-corrected chi connectivity index (χ4v) is 3.03. The van der Waals surface area contributed by atoms with Crippen molar-refractivity contribution in [2.45, 2.75) is 5.16 Å². The summed E-state index contributed by atoms with van der Waals surface area (Å²) < 4.78 is 1.74. The third-order valence-electron chi connectivity index (χ3n) is 3.09. The summed E-state index contributed by atoms with van der Waals surface area (Å²) in [6, 6.07) is 6.91. The number of rotatable bonds is 4. The lowest BCUT2D eigenvalue weighted by atomic mass is 10.3. The molecule has 7 nitrogen and oxygen atoms in total. The van der Waals surface area contributed by atoms with E-state index in [4.69, 9.17) is 11.6 Å². The minimum absolute atomic E-state index is 0.118. The van der Waals surface area contributed by atoms with Gasteiger partial charge in [0.2, 0.25) is 5.91 Å². The molecule has 0 atom stereocenters. The minimum atomic E-state index is -0.345. The highest BCUT2D eigenvalue weighted by molar-refractivity contribution is 7.99. The topological polar surface area (TPSA) is 80.1 Å². The van der Waals surface area contributed by atoms with Gasteiger partial charge >= 0.3 is 6.03 Å². The molecule has 1 saturated heterocycles. The molecule has 2 heterocycles. The first-order chi connectivity index (χ1) is 10.6. The van der Waals surface area contributed by atoms with E-state index in [2.05, 4.69) is 15.5 Å². The number of aromatic nitrogens is 3. The Hall–Kier alpha value is -2.06. The van der Waals surface area contributed by atoms with Crippen molar-refractivity contribution in [2.75, 3.05) is 18.8 Å². The Balaban J connectivity index is 1.70. The number of carbonyl (C=O) groups is 2. The van der Waals surface area contributed by atoms with Crippen LogP contribution < -0.4 is 5.32 Å². The number of imide groups is 1. The van der Waals surface area contributed by atoms with Gasteiger partial charge in [0.05, 0.1) is 11.4 Å². The Morgan fingerprint density at radius 2 is 2.32 bits per heavy atom. The molecule has 114 valence electrons. The molecule has 0 aliphatic carbocycles. The molecule has 22 heavy (non-hydrogen) atoms. The van der Waals surface area contributed by atoms with Gasteiger partial charge in [-0.2, -0.15) is 0 Å². The average Bonchev–Trinajstić information content (AvgIpc) is 3.13. The number of nitrogens with one attached hydrogen (secondary N) is 1. The van der Waals surface area contributed by atoms with Crippen LogP contribution in [-0.4, -0.2) is 50.4 Å². The number of thioether (sulfide) groups is 1. The normalized spacial score (nSPS) is 14.2. The second kappa shape index (κ2) is 6.37. The Morgan fingerprint density at radius 3 is 3.05 bits per heavy atom. The number of urea groups is 1. The predicted octanol–water partition coefficient (Wildman–Crippen LogP) is 1.56. The van der Waals surface area contributed by atoms with Crippen molar-refractivity contribution in [2.24, 2.45) is 0 Å². The molecule has 3 rings (SSSR count). The molecule has 0 saturated carbocycles. The number of halogens is 1. The van der Waals surface area contributed by atoms with Gasteiger partial charge in [0.1, 0.15) is 6.33 Å². The van der Waals surface area contributed by atoms with E-state index in [1.807, 2.05) is 12.1 Å². The third-order valence-corrected chi connectivity index (χ3v) is 4.25. The van der Waals surface area contributed by atoms with Gasteiger partial charge in [-0.25, -0.2) is 4.79 Å². The van der Waals surface area contributed by atoms with Crippen molar-refractivity contribution in [3.8, 4) is 5.69 Å². The summed E-state index contributed by atoms with van der Waals surface area (Å²) in [5.41, 5.74) is 0.811. The number of nitrogens with zero attached hydrogens (tertiary/aromatic N) is 4. The van der Waals surface area contributed by atoms with Crippen molar-refractivity contribution >= 4 is 35.3 Å². The van der Waals surface area contributed by atoms with E-state index in [1.54, 1.807) is 23.0 Å². The van der Waals surface area contributed by atoms with Crippen molar-refractivity contribution in [3.05, 3.63) is 35.6 Å². The highest BCUT2D eigenvalue weighted by Crippen LogP contribution is 2.22. The first kappa shape index (κ1) is 14.9. The molecule has 0 radical (unpaired) electrons. The zero-order valence-corrected chi connectivity index (χ0v) is 13.0. The first-order valence-electron chi connectivity index (χ1n) is 6.52. The molecule has 9 heteroatoms. The van der Waals surface area contributed by atoms with Gasteiger partial charge in [-0.15, -0.1) is 10.2 Å². The molecular weight excluding hydrogens is 326 g/mol. The molecule has 1 aromatic heterocycles. The maximum atomic E-state index is 12.0. The average molecular weight is 338 g/mol. The van der Waals surface area contributed by atoms with E-state index in [0.717, 1.165) is 5.69 Å². The summed E-state index contributed by atoms with van der Waals surface area (Å²) in [6.45, 7) is 0.896. The molecule has 1 aliphatic heterocycles. The predicted molar refractivity (Wildman–Crippen MR) is 82.2 cm³/mol. The largest absolute Gasteiger partial charge is 0.336 e. The van der Waals surface area contributed by atoms with Crippen molar-refractivity contribution in [1.29, 1.82) is 0 Å². The molecule has 1 N–H and O–H groups in total. The zero-order valence-electron chi connectivity index (χ0n) is 11.4. The van der Waals surface area contributed by atoms with Crippen LogP contribution in [0.3, 0.4) is 0 Å². The zero-order chi connectivity index (χ0) is 15.5. The number of amides is 3. The highest BCUT2D eigenvalue weighted by Gasteiger charge is 2.26. The lowest BCUT2D eigenvalue weighted by Crippen LogP contribution is -2.35. The van der Waals surface area contributed by atoms with Gasteiger partial charge in [-0.05, 0) is 18.2 Å². The number of carbonyl (C=O) groups excluding carboxylic acids is 2. The summed E-state index contributed by atoms with van der Waals surface area (Å²) in [4.78, 5) is 24.7. The maximum absolute atomic E-state index is 12.0. The Morgan fingerprint density at radius 1 is 1.45 bits per heavy atom. The van der Waals surface area contributed by atoms with Crippen molar-refractivity contribution in [3.63, 3.8) is 0 Å². The van der Waals surface area contributed by atoms with Crippen LogP contribution in [0.25, 0.3) is 5.69 Å². The highest BCUT2D eigenvalue weighted by atomic mass is 35.5. The molecule has 3 amide bonds. The van der Waals surface area contributed by atoms with E-state index < -0.39 is 0 Å². The number of benzene rings is 1. The Labute approximate surface area is 135 Å². The first-order valence-corrected chi connectivity index (χ1v) is 7.88. The van der Waals surface area contributed by atoms with E-state index >= 15 is 0 Å². The van der Waals surface area contributed by atoms with Gasteiger partial charge in [-0.3, -0.25) is 14.3 Å². The molecule has 2 aromatic rings. The lowest BCUT2D eigenvalue weighted by Gasteiger charge is -2.11. The molecule has 0 bridgehead atoms. The van der Waals surface area contributed by atoms with Crippen molar-refractivity contribution in [1.82, 2.24) is 25.0 Å². The van der Waals surface area contributed by atoms with Gasteiger partial charge in [0.25, 0.3) is 0 Å². The van der Waals surface area contributed by atoms with Crippen LogP contribution in [0.2, 0.25) is 5.02 Å². The van der Waals surface area contributed by atoms with Crippen LogP contribution in [0.5, 0.6) is 0 Å². The maximum Gasteiger partial charge on any atom is 0.324 e. The Kier molecular flexibility index (Phi) is 4.30. The molecule has 1 aliphatic rings. The minimum Gasteiger partial charge on any atom is -0.336 e. The smallest absolute Gasteiger partial charge is 0.324 e. The van der Waals surface area contributed by atoms with E-state index in [1.165, 1.54) is 16.7 Å². The second-order valence-corrected chi connectivity index (χ2v) is 5.91. The van der Waals surface area contributed by atoms with E-state index in [0.29, 0.717) is 23.3 Å². The Bertz CT molecular complexity index is 720. The summed E-state index contributed by atoms with van der Waals surface area (Å²) in [5, 5.41) is 11.6. The number of hydrogen-bond donors (Lipinski definition) is 1. The number of hydrogen-bond acceptors (Lipinski definition) is 5. The third kappa shape index (κ3) is 3.07. The van der Waals surface area contributed by atoms with Crippen LogP contribution in [-0.2, 0) is 4.79 Å². The van der Waals surface area contributed by atoms with Crippen LogP contribution in [0, 0.1) is 0 Å². The molecule has 1 fully saturated rings. The van der Waals surface area contributed by atoms with Crippen LogP contribution in [0.1, 0.15) is 0 Å². The summed E-state index contributed by atoms with van der Waals surface area (Å²) in [6.07, 6.45) is 1.56. The quantitative estimate of drug-likeness (QED) is 0.856. The fraction of sp³-hybridized carbons (Fsp3) is 0.231. The summed E-state index contributed by atoms with van der Waals surface area (Å²) in [7, 11) is 0. The lowest BCUT2D eigenvalue weighted by molar-refractivity contribution is -0.124. The summed E-state index contributed by atoms with van der Waals surface area (Å²) in [5.74, 6) is -0.132. The standard InChI is InChI=1S/C13H12ClN5O2S/c14-9-2-1-3-10(6-9)19-8-16-17-13(19)22-7-11(20)18-5-4-15-12(18)21/h1-3,6,8H,4-5,7H2,(H,15,21). The SMILES string of the molecule is O=C(CSc1nncn1-c1cccc(Cl)c1)N1CCNC1=O. The van der Waals surface area contributed by atoms with Gasteiger partial charge in [0, 0.05) is 18.1 Å². The molecule has 0 unspecified atom stereocenters. The molecule has 1 aromatic carbocycles.